The van der Waals surface area contributed by atoms with Crippen LogP contribution in [0.1, 0.15) is 0 Å². The van der Waals surface area contributed by atoms with Gasteiger partial charge in [-0.3, -0.25) is 0 Å². The Bertz CT molecular complexity index is 836. The molecule has 4 heterocycles. The highest BCUT2D eigenvalue weighted by Crippen LogP contribution is 2.26. The number of nitrogens with zero attached hydrogens (tertiary/aromatic N) is 2. The van der Waals surface area contributed by atoms with E-state index in [0.29, 0.717) is 0 Å². The Kier molecular flexibility index (Phi) is 1.86. The van der Waals surface area contributed by atoms with Crippen LogP contribution >= 0.6 is 0 Å². The van der Waals surface area contributed by atoms with Crippen LogP contribution in [0.4, 0.5) is 0 Å². The maximum absolute atomic E-state index is 3.45. The van der Waals surface area contributed by atoms with Crippen molar-refractivity contribution < 1.29 is 0 Å². The molecule has 0 aromatic carbocycles. The minimum atomic E-state index is 1.10. The second kappa shape index (κ2) is 3.50. The minimum Gasteiger partial charge on any atom is -0.323 e. The molecule has 0 aliphatic carbocycles. The predicted octanol–water partition coefficient (Wildman–Crippen LogP) is 3.66. The maximum atomic E-state index is 3.45. The van der Waals surface area contributed by atoms with E-state index < -0.39 is 0 Å². The smallest absolute Gasteiger partial charge is 0.0535 e. The highest BCUT2D eigenvalue weighted by atomic mass is 14.9. The van der Waals surface area contributed by atoms with Crippen LogP contribution in [0.5, 0.6) is 0 Å². The van der Waals surface area contributed by atoms with Crippen LogP contribution in [0.15, 0.2) is 67.3 Å². The van der Waals surface area contributed by atoms with Gasteiger partial charge >= 0.3 is 0 Å². The molecule has 0 atom stereocenters. The summed E-state index contributed by atoms with van der Waals surface area (Å²) < 4.78 is 4.20. The van der Waals surface area contributed by atoms with E-state index in [9.17, 15) is 0 Å². The number of rotatable bonds is 1. The van der Waals surface area contributed by atoms with Crippen LogP contribution in [-0.2, 0) is 0 Å². The highest BCUT2D eigenvalue weighted by Gasteiger charge is 2.05. The maximum Gasteiger partial charge on any atom is 0.0535 e. The first kappa shape index (κ1) is 9.54. The van der Waals surface area contributed by atoms with Crippen molar-refractivity contribution in [2.45, 2.75) is 0 Å². The fourth-order valence-electron chi connectivity index (χ4n) is 2.40. The summed E-state index contributed by atoms with van der Waals surface area (Å²) in [6, 6.07) is 18.0. The third-order valence-electron chi connectivity index (χ3n) is 3.30. The number of pyridine rings is 2. The van der Waals surface area contributed by atoms with E-state index in [0.717, 1.165) is 11.1 Å². The van der Waals surface area contributed by atoms with E-state index in [1.54, 1.807) is 0 Å². The summed E-state index contributed by atoms with van der Waals surface area (Å²) in [5.74, 6) is 0. The molecule has 0 aliphatic heterocycles. The van der Waals surface area contributed by atoms with Crippen molar-refractivity contribution in [3.05, 3.63) is 73.3 Å². The van der Waals surface area contributed by atoms with Crippen LogP contribution in [0, 0.1) is 6.07 Å². The van der Waals surface area contributed by atoms with E-state index in [2.05, 4.69) is 63.8 Å². The number of hydrogen-bond acceptors (Lipinski definition) is 0. The third-order valence-corrected chi connectivity index (χ3v) is 3.30. The summed E-state index contributed by atoms with van der Waals surface area (Å²) >= 11 is 0. The quantitative estimate of drug-likeness (QED) is 0.472. The zero-order valence-corrected chi connectivity index (χ0v) is 9.75. The summed E-state index contributed by atoms with van der Waals surface area (Å²) in [7, 11) is 0. The molecule has 0 unspecified atom stereocenters. The van der Waals surface area contributed by atoms with Crippen molar-refractivity contribution >= 4 is 11.0 Å². The minimum absolute atomic E-state index is 1.10. The molecule has 4 aromatic rings. The Balaban J connectivity index is 2.00. The lowest BCUT2D eigenvalue weighted by atomic mass is 10.1. The Labute approximate surface area is 105 Å². The zero-order valence-electron chi connectivity index (χ0n) is 9.75. The van der Waals surface area contributed by atoms with Gasteiger partial charge in [-0.2, -0.15) is 0 Å². The van der Waals surface area contributed by atoms with Crippen molar-refractivity contribution in [3.63, 3.8) is 0 Å². The molecule has 0 fully saturated rings. The molecule has 0 bridgehead atoms. The Morgan fingerprint density at radius 1 is 0.722 bits per heavy atom. The van der Waals surface area contributed by atoms with Crippen LogP contribution in [0.25, 0.3) is 22.2 Å². The average molecular weight is 231 g/mol. The molecule has 2 nitrogen and oxygen atoms in total. The standard InChI is InChI=1S/C16H11N2/c1-2-8-18-11-7-15(16(18)5-1)13-6-10-17-9-3-4-14(17)12-13/h1-11H. The summed E-state index contributed by atoms with van der Waals surface area (Å²) in [4.78, 5) is 0. The first-order chi connectivity index (χ1) is 8.92. The Hall–Kier alpha value is -2.48. The molecule has 0 aliphatic rings. The van der Waals surface area contributed by atoms with Gasteiger partial charge in [0.25, 0.3) is 0 Å². The van der Waals surface area contributed by atoms with Crippen LogP contribution in [-0.4, -0.2) is 8.80 Å². The molecule has 0 N–H and O–H groups in total. The third kappa shape index (κ3) is 1.29. The summed E-state index contributed by atoms with van der Waals surface area (Å²) in [6.07, 6.45) is 8.26. The lowest BCUT2D eigenvalue weighted by Crippen LogP contribution is -1.84. The number of aromatic nitrogens is 2. The summed E-state index contributed by atoms with van der Waals surface area (Å²) in [5, 5.41) is 0. The lowest BCUT2D eigenvalue weighted by molar-refractivity contribution is 1.19. The largest absolute Gasteiger partial charge is 0.323 e. The van der Waals surface area contributed by atoms with Crippen LogP contribution in [0.3, 0.4) is 0 Å². The van der Waals surface area contributed by atoms with Gasteiger partial charge in [0.1, 0.15) is 0 Å². The molecule has 0 saturated carbocycles. The van der Waals surface area contributed by atoms with Gasteiger partial charge in [-0.05, 0) is 42.0 Å². The van der Waals surface area contributed by atoms with Crippen molar-refractivity contribution in [1.29, 1.82) is 0 Å². The van der Waals surface area contributed by atoms with E-state index in [-0.39, 0.29) is 0 Å². The first-order valence-corrected chi connectivity index (χ1v) is 5.97. The molecule has 1 radical (unpaired) electrons. The topological polar surface area (TPSA) is 8.82 Å². The summed E-state index contributed by atoms with van der Waals surface area (Å²) in [6.45, 7) is 0. The molecule has 4 rings (SSSR count). The molecular formula is C16H11N2. The van der Waals surface area contributed by atoms with E-state index in [1.165, 1.54) is 11.1 Å². The van der Waals surface area contributed by atoms with Gasteiger partial charge in [0.2, 0.25) is 0 Å². The molecule has 85 valence electrons. The van der Waals surface area contributed by atoms with Gasteiger partial charge in [-0.15, -0.1) is 0 Å². The predicted molar refractivity (Wildman–Crippen MR) is 72.6 cm³/mol. The van der Waals surface area contributed by atoms with Crippen LogP contribution < -0.4 is 0 Å². The number of fused-ring (bicyclic) bond motifs is 2. The lowest BCUT2D eigenvalue weighted by Gasteiger charge is -2.02. The number of hydrogen-bond donors (Lipinski definition) is 0. The monoisotopic (exact) mass is 231 g/mol. The van der Waals surface area contributed by atoms with Crippen molar-refractivity contribution in [2.24, 2.45) is 0 Å². The normalized spacial score (nSPS) is 11.3. The molecule has 2 heteroatoms. The zero-order chi connectivity index (χ0) is 11.9. The fraction of sp³-hybridized carbons (Fsp3) is 0. The average Bonchev–Trinajstić information content (AvgIpc) is 3.04. The molecule has 0 saturated heterocycles. The summed E-state index contributed by atoms with van der Waals surface area (Å²) in [5.41, 5.74) is 4.67. The van der Waals surface area contributed by atoms with E-state index in [1.807, 2.05) is 18.3 Å². The fourth-order valence-corrected chi connectivity index (χ4v) is 2.40. The van der Waals surface area contributed by atoms with Crippen molar-refractivity contribution in [3.8, 4) is 11.1 Å². The second-order valence-electron chi connectivity index (χ2n) is 4.38. The van der Waals surface area contributed by atoms with Crippen molar-refractivity contribution in [1.82, 2.24) is 8.80 Å². The SMILES string of the molecule is [c]1c(-c2ccn3ccccc23)ccn2cccc12. The second-order valence-corrected chi connectivity index (χ2v) is 4.38. The molecule has 18 heavy (non-hydrogen) atoms. The van der Waals surface area contributed by atoms with Gasteiger partial charge in [0.15, 0.2) is 0 Å². The van der Waals surface area contributed by atoms with Crippen molar-refractivity contribution in [2.75, 3.05) is 0 Å². The highest BCUT2D eigenvalue weighted by molar-refractivity contribution is 5.82. The van der Waals surface area contributed by atoms with Gasteiger partial charge in [0.05, 0.1) is 11.0 Å². The molecule has 0 amide bonds. The van der Waals surface area contributed by atoms with Crippen LogP contribution in [0.2, 0.25) is 0 Å². The molecule has 0 spiro atoms. The molecular weight excluding hydrogens is 220 g/mol. The van der Waals surface area contributed by atoms with Gasteiger partial charge in [0, 0.05) is 36.4 Å². The Morgan fingerprint density at radius 3 is 2.61 bits per heavy atom. The van der Waals surface area contributed by atoms with E-state index in [4.69, 9.17) is 0 Å². The van der Waals surface area contributed by atoms with Gasteiger partial charge in [-0.25, -0.2) is 0 Å². The van der Waals surface area contributed by atoms with Gasteiger partial charge < -0.3 is 8.80 Å². The van der Waals surface area contributed by atoms with E-state index >= 15 is 0 Å². The Morgan fingerprint density at radius 2 is 1.61 bits per heavy atom. The molecule has 4 aromatic heterocycles. The van der Waals surface area contributed by atoms with Gasteiger partial charge in [-0.1, -0.05) is 6.07 Å². The first-order valence-electron chi connectivity index (χ1n) is 5.97.